The van der Waals surface area contributed by atoms with Gasteiger partial charge in [-0.25, -0.2) is 8.78 Å². The van der Waals surface area contributed by atoms with Crippen LogP contribution in [0.15, 0.2) is 6.20 Å². The molecule has 1 aliphatic rings. The highest BCUT2D eigenvalue weighted by atomic mass is 19.3. The standard InChI is InChI=1S/C10H13F2NO/c1-13-6-8(10(11)12)7-2-4-14-5-3-9(7)13/h6,10H,2-5H2,1H3. The fraction of sp³-hybridized carbons (Fsp3) is 0.600. The Hall–Kier alpha value is -0.900. The van der Waals surface area contributed by atoms with Crippen LogP contribution in [0, 0.1) is 0 Å². The molecule has 0 aliphatic carbocycles. The first-order valence-electron chi connectivity index (χ1n) is 4.73. The molecule has 0 fully saturated rings. The molecular formula is C10H13F2NO. The highest BCUT2D eigenvalue weighted by molar-refractivity contribution is 5.34. The molecular weight excluding hydrogens is 188 g/mol. The van der Waals surface area contributed by atoms with E-state index in [-0.39, 0.29) is 5.56 Å². The second kappa shape index (κ2) is 3.69. The molecule has 4 heteroatoms. The summed E-state index contributed by atoms with van der Waals surface area (Å²) in [5.41, 5.74) is 1.96. The maximum absolute atomic E-state index is 12.6. The summed E-state index contributed by atoms with van der Waals surface area (Å²) >= 11 is 0. The van der Waals surface area contributed by atoms with Crippen LogP contribution in [0.1, 0.15) is 23.2 Å². The SMILES string of the molecule is Cn1cc(C(F)F)c2c1CCOCC2. The van der Waals surface area contributed by atoms with Crippen molar-refractivity contribution >= 4 is 0 Å². The van der Waals surface area contributed by atoms with Crippen LogP contribution >= 0.6 is 0 Å². The molecule has 2 nitrogen and oxygen atoms in total. The number of hydrogen-bond acceptors (Lipinski definition) is 1. The van der Waals surface area contributed by atoms with E-state index in [9.17, 15) is 8.78 Å². The molecule has 0 spiro atoms. The van der Waals surface area contributed by atoms with E-state index in [1.807, 2.05) is 7.05 Å². The Morgan fingerprint density at radius 1 is 1.36 bits per heavy atom. The summed E-state index contributed by atoms with van der Waals surface area (Å²) in [7, 11) is 1.82. The number of ether oxygens (including phenoxy) is 1. The molecule has 1 aromatic heterocycles. The minimum Gasteiger partial charge on any atom is -0.381 e. The van der Waals surface area contributed by atoms with Crippen molar-refractivity contribution in [2.24, 2.45) is 7.05 Å². The molecule has 0 unspecified atom stereocenters. The van der Waals surface area contributed by atoms with Crippen LogP contribution in [-0.4, -0.2) is 17.8 Å². The summed E-state index contributed by atoms with van der Waals surface area (Å²) < 4.78 is 32.4. The van der Waals surface area contributed by atoms with Gasteiger partial charge in [0.2, 0.25) is 0 Å². The van der Waals surface area contributed by atoms with Gasteiger partial charge < -0.3 is 9.30 Å². The molecule has 2 rings (SSSR count). The molecule has 0 bridgehead atoms. The van der Waals surface area contributed by atoms with Crippen LogP contribution in [-0.2, 0) is 24.6 Å². The maximum Gasteiger partial charge on any atom is 0.265 e. The molecule has 0 atom stereocenters. The number of halogens is 2. The second-order valence-electron chi connectivity index (χ2n) is 3.53. The average Bonchev–Trinajstić information content (AvgIpc) is 2.38. The summed E-state index contributed by atoms with van der Waals surface area (Å²) in [6, 6.07) is 0. The van der Waals surface area contributed by atoms with Gasteiger partial charge in [-0.3, -0.25) is 0 Å². The van der Waals surface area contributed by atoms with Gasteiger partial charge in [-0.05, 0) is 12.0 Å². The zero-order valence-electron chi connectivity index (χ0n) is 8.09. The quantitative estimate of drug-likeness (QED) is 0.678. The molecule has 0 amide bonds. The smallest absolute Gasteiger partial charge is 0.265 e. The van der Waals surface area contributed by atoms with Gasteiger partial charge in [-0.15, -0.1) is 0 Å². The first-order valence-corrected chi connectivity index (χ1v) is 4.73. The van der Waals surface area contributed by atoms with E-state index in [0.29, 0.717) is 19.6 Å². The normalized spacial score (nSPS) is 16.9. The van der Waals surface area contributed by atoms with Crippen molar-refractivity contribution in [3.8, 4) is 0 Å². The number of rotatable bonds is 1. The number of aromatic nitrogens is 1. The summed E-state index contributed by atoms with van der Waals surface area (Å²) in [6.07, 6.45) is 0.512. The minimum absolute atomic E-state index is 0.174. The zero-order chi connectivity index (χ0) is 10.1. The predicted molar refractivity (Wildman–Crippen MR) is 48.6 cm³/mol. The lowest BCUT2D eigenvalue weighted by molar-refractivity contribution is 0.140. The first-order chi connectivity index (χ1) is 6.70. The summed E-state index contributed by atoms with van der Waals surface area (Å²) in [6.45, 7) is 1.18. The maximum atomic E-state index is 12.6. The highest BCUT2D eigenvalue weighted by Crippen LogP contribution is 2.28. The van der Waals surface area contributed by atoms with Crippen LogP contribution in [0.3, 0.4) is 0 Å². The molecule has 0 aromatic carbocycles. The van der Waals surface area contributed by atoms with E-state index in [2.05, 4.69) is 0 Å². The number of fused-ring (bicyclic) bond motifs is 1. The van der Waals surface area contributed by atoms with Crippen molar-refractivity contribution in [2.75, 3.05) is 13.2 Å². The minimum atomic E-state index is -2.37. The van der Waals surface area contributed by atoms with Crippen molar-refractivity contribution < 1.29 is 13.5 Å². The van der Waals surface area contributed by atoms with Gasteiger partial charge in [0.15, 0.2) is 0 Å². The van der Waals surface area contributed by atoms with E-state index >= 15 is 0 Å². The monoisotopic (exact) mass is 201 g/mol. The van der Waals surface area contributed by atoms with Gasteiger partial charge in [0.1, 0.15) is 0 Å². The Kier molecular flexibility index (Phi) is 2.54. The molecule has 0 saturated carbocycles. The Morgan fingerprint density at radius 3 is 2.79 bits per heavy atom. The summed E-state index contributed by atoms with van der Waals surface area (Å²) in [4.78, 5) is 0. The molecule has 0 radical (unpaired) electrons. The van der Waals surface area contributed by atoms with E-state index < -0.39 is 6.43 Å². The molecule has 0 saturated heterocycles. The van der Waals surface area contributed by atoms with Crippen molar-refractivity contribution in [1.82, 2.24) is 4.57 Å². The first kappa shape index (κ1) is 9.65. The topological polar surface area (TPSA) is 14.2 Å². The summed E-state index contributed by atoms with van der Waals surface area (Å²) in [5.74, 6) is 0. The van der Waals surface area contributed by atoms with Crippen LogP contribution in [0.25, 0.3) is 0 Å². The molecule has 14 heavy (non-hydrogen) atoms. The van der Waals surface area contributed by atoms with Gasteiger partial charge in [0.25, 0.3) is 6.43 Å². The van der Waals surface area contributed by atoms with Gasteiger partial charge in [0, 0.05) is 30.9 Å². The van der Waals surface area contributed by atoms with Crippen molar-refractivity contribution in [2.45, 2.75) is 19.3 Å². The van der Waals surface area contributed by atoms with Gasteiger partial charge in [-0.1, -0.05) is 0 Å². The third-order valence-electron chi connectivity index (χ3n) is 2.67. The number of aryl methyl sites for hydroxylation is 1. The van der Waals surface area contributed by atoms with E-state index in [0.717, 1.165) is 17.7 Å². The predicted octanol–water partition coefficient (Wildman–Crippen LogP) is 2.08. The van der Waals surface area contributed by atoms with Gasteiger partial charge >= 0.3 is 0 Å². The number of hydrogen-bond donors (Lipinski definition) is 0. The Bertz CT molecular complexity index is 333. The van der Waals surface area contributed by atoms with Crippen LogP contribution in [0.2, 0.25) is 0 Å². The largest absolute Gasteiger partial charge is 0.381 e. The molecule has 2 heterocycles. The highest BCUT2D eigenvalue weighted by Gasteiger charge is 2.21. The molecule has 78 valence electrons. The molecule has 0 N–H and O–H groups in total. The lowest BCUT2D eigenvalue weighted by Crippen LogP contribution is -1.99. The lowest BCUT2D eigenvalue weighted by atomic mass is 10.1. The second-order valence-corrected chi connectivity index (χ2v) is 3.53. The molecule has 1 aliphatic heterocycles. The van der Waals surface area contributed by atoms with Crippen molar-refractivity contribution in [3.63, 3.8) is 0 Å². The average molecular weight is 201 g/mol. The van der Waals surface area contributed by atoms with E-state index in [1.165, 1.54) is 0 Å². The Balaban J connectivity index is 2.44. The Labute approximate surface area is 81.5 Å². The summed E-state index contributed by atoms with van der Waals surface area (Å²) in [5, 5.41) is 0. The number of nitrogens with zero attached hydrogens (tertiary/aromatic N) is 1. The van der Waals surface area contributed by atoms with Crippen molar-refractivity contribution in [1.29, 1.82) is 0 Å². The van der Waals surface area contributed by atoms with E-state index in [1.54, 1.807) is 10.8 Å². The van der Waals surface area contributed by atoms with E-state index in [4.69, 9.17) is 4.74 Å². The molecule has 1 aromatic rings. The fourth-order valence-electron chi connectivity index (χ4n) is 1.99. The zero-order valence-corrected chi connectivity index (χ0v) is 8.09. The van der Waals surface area contributed by atoms with Crippen molar-refractivity contribution in [3.05, 3.63) is 23.0 Å². The van der Waals surface area contributed by atoms with Crippen LogP contribution in [0.5, 0.6) is 0 Å². The van der Waals surface area contributed by atoms with Crippen LogP contribution in [0.4, 0.5) is 8.78 Å². The van der Waals surface area contributed by atoms with Crippen LogP contribution < -0.4 is 0 Å². The third-order valence-corrected chi connectivity index (χ3v) is 2.67. The lowest BCUT2D eigenvalue weighted by Gasteiger charge is -2.02. The van der Waals surface area contributed by atoms with Gasteiger partial charge in [0.05, 0.1) is 13.2 Å². The third kappa shape index (κ3) is 1.54. The van der Waals surface area contributed by atoms with Gasteiger partial charge in [-0.2, -0.15) is 0 Å². The number of alkyl halides is 2. The fourth-order valence-corrected chi connectivity index (χ4v) is 1.99. The Morgan fingerprint density at radius 2 is 2.07 bits per heavy atom.